The highest BCUT2D eigenvalue weighted by Crippen LogP contribution is 2.20. The van der Waals surface area contributed by atoms with Gasteiger partial charge in [-0.25, -0.2) is 4.98 Å². The van der Waals surface area contributed by atoms with Crippen LogP contribution in [0.3, 0.4) is 0 Å². The highest BCUT2D eigenvalue weighted by Gasteiger charge is 2.24. The second kappa shape index (κ2) is 4.46. The number of hydrogen-bond donors (Lipinski definition) is 0. The topological polar surface area (TPSA) is 44.1 Å². The van der Waals surface area contributed by atoms with Crippen LogP contribution in [-0.4, -0.2) is 22.6 Å². The van der Waals surface area contributed by atoms with Gasteiger partial charge in [0, 0.05) is 24.9 Å². The zero-order valence-corrected chi connectivity index (χ0v) is 8.79. The van der Waals surface area contributed by atoms with Gasteiger partial charge in [0.15, 0.2) is 0 Å². The molecule has 0 amide bonds. The minimum Gasteiger partial charge on any atom is -0.469 e. The molecule has 1 aliphatic heterocycles. The molecular formula is C9H13ClN2O2. The number of imidazole rings is 1. The quantitative estimate of drug-likeness (QED) is 0.659. The Morgan fingerprint density at radius 2 is 2.50 bits per heavy atom. The Hall–Kier alpha value is -1.03. The van der Waals surface area contributed by atoms with Gasteiger partial charge in [0.1, 0.15) is 0 Å². The molecule has 14 heavy (non-hydrogen) atoms. The van der Waals surface area contributed by atoms with E-state index in [1.54, 1.807) is 0 Å². The molecule has 0 spiro atoms. The van der Waals surface area contributed by atoms with Crippen LogP contribution in [0.5, 0.6) is 0 Å². The van der Waals surface area contributed by atoms with Crippen LogP contribution in [0.2, 0.25) is 0 Å². The highest BCUT2D eigenvalue weighted by molar-refractivity contribution is 5.85. The molecule has 1 unspecified atom stereocenters. The molecule has 5 heteroatoms. The van der Waals surface area contributed by atoms with E-state index in [9.17, 15) is 4.79 Å². The second-order valence-corrected chi connectivity index (χ2v) is 3.29. The van der Waals surface area contributed by atoms with E-state index in [-0.39, 0.29) is 24.3 Å². The SMILES string of the molecule is COC(=O)C1CCn2cncc2C1.Cl. The van der Waals surface area contributed by atoms with E-state index in [4.69, 9.17) is 4.74 Å². The van der Waals surface area contributed by atoms with Gasteiger partial charge in [0.2, 0.25) is 0 Å². The Balaban J connectivity index is 0.000000980. The first-order chi connectivity index (χ1) is 6.31. The summed E-state index contributed by atoms with van der Waals surface area (Å²) >= 11 is 0. The van der Waals surface area contributed by atoms with E-state index in [1.165, 1.54) is 7.11 Å². The van der Waals surface area contributed by atoms with Crippen LogP contribution in [-0.2, 0) is 22.5 Å². The highest BCUT2D eigenvalue weighted by atomic mass is 35.5. The molecule has 78 valence electrons. The molecule has 1 atom stereocenters. The van der Waals surface area contributed by atoms with Crippen molar-refractivity contribution in [1.29, 1.82) is 0 Å². The van der Waals surface area contributed by atoms with Crippen LogP contribution >= 0.6 is 12.4 Å². The Morgan fingerprint density at radius 1 is 1.71 bits per heavy atom. The average molecular weight is 217 g/mol. The van der Waals surface area contributed by atoms with Crippen LogP contribution < -0.4 is 0 Å². The molecule has 2 rings (SSSR count). The van der Waals surface area contributed by atoms with Gasteiger partial charge in [-0.3, -0.25) is 4.79 Å². The van der Waals surface area contributed by atoms with E-state index in [0.717, 1.165) is 25.1 Å². The fraction of sp³-hybridized carbons (Fsp3) is 0.556. The molecule has 0 N–H and O–H groups in total. The molecule has 0 saturated carbocycles. The van der Waals surface area contributed by atoms with E-state index in [2.05, 4.69) is 9.55 Å². The predicted molar refractivity (Wildman–Crippen MR) is 53.3 cm³/mol. The summed E-state index contributed by atoms with van der Waals surface area (Å²) in [5, 5.41) is 0. The lowest BCUT2D eigenvalue weighted by Gasteiger charge is -2.21. The lowest BCUT2D eigenvalue weighted by atomic mass is 9.96. The fourth-order valence-electron chi connectivity index (χ4n) is 1.74. The second-order valence-electron chi connectivity index (χ2n) is 3.29. The summed E-state index contributed by atoms with van der Waals surface area (Å²) in [7, 11) is 1.44. The number of fused-ring (bicyclic) bond motifs is 1. The molecule has 2 heterocycles. The number of halogens is 1. The molecule has 0 bridgehead atoms. The molecule has 0 saturated heterocycles. The molecule has 1 aliphatic rings. The summed E-state index contributed by atoms with van der Waals surface area (Å²) in [5.41, 5.74) is 1.13. The first kappa shape index (κ1) is 11.0. The maximum Gasteiger partial charge on any atom is 0.309 e. The summed E-state index contributed by atoms with van der Waals surface area (Å²) in [6.45, 7) is 0.870. The molecular weight excluding hydrogens is 204 g/mol. The molecule has 0 fully saturated rings. The van der Waals surface area contributed by atoms with E-state index in [0.29, 0.717) is 0 Å². The fourth-order valence-corrected chi connectivity index (χ4v) is 1.74. The van der Waals surface area contributed by atoms with Crippen LogP contribution in [0.4, 0.5) is 0 Å². The van der Waals surface area contributed by atoms with Crippen molar-refractivity contribution in [2.24, 2.45) is 5.92 Å². The van der Waals surface area contributed by atoms with Gasteiger partial charge < -0.3 is 9.30 Å². The number of aryl methyl sites for hydroxylation is 1. The Labute approximate surface area is 88.7 Å². The summed E-state index contributed by atoms with van der Waals surface area (Å²) in [6.07, 6.45) is 5.24. The van der Waals surface area contributed by atoms with Crippen molar-refractivity contribution >= 4 is 18.4 Å². The lowest BCUT2D eigenvalue weighted by Crippen LogP contribution is -2.26. The Morgan fingerprint density at radius 3 is 3.21 bits per heavy atom. The summed E-state index contributed by atoms with van der Waals surface area (Å²) in [4.78, 5) is 15.3. The maximum absolute atomic E-state index is 11.2. The number of hydrogen-bond acceptors (Lipinski definition) is 3. The summed E-state index contributed by atoms with van der Waals surface area (Å²) in [6, 6.07) is 0. The Bertz CT molecular complexity index is 324. The van der Waals surface area contributed by atoms with Crippen molar-refractivity contribution in [3.05, 3.63) is 18.2 Å². The standard InChI is InChI=1S/C9H12N2O2.ClH/c1-13-9(12)7-2-3-11-6-10-5-8(11)4-7;/h5-7H,2-4H2,1H3;1H. The number of carbonyl (C=O) groups is 1. The van der Waals surface area contributed by atoms with Gasteiger partial charge in [0.05, 0.1) is 19.4 Å². The number of aromatic nitrogens is 2. The number of ether oxygens (including phenoxy) is 1. The minimum atomic E-state index is -0.104. The molecule has 4 nitrogen and oxygen atoms in total. The van der Waals surface area contributed by atoms with E-state index in [1.807, 2.05) is 12.5 Å². The number of nitrogens with zero attached hydrogens (tertiary/aromatic N) is 2. The first-order valence-corrected chi connectivity index (χ1v) is 4.38. The smallest absolute Gasteiger partial charge is 0.309 e. The number of esters is 1. The van der Waals surface area contributed by atoms with Crippen LogP contribution in [0.1, 0.15) is 12.1 Å². The first-order valence-electron chi connectivity index (χ1n) is 4.38. The molecule has 0 aliphatic carbocycles. The largest absolute Gasteiger partial charge is 0.469 e. The third-order valence-electron chi connectivity index (χ3n) is 2.51. The summed E-state index contributed by atoms with van der Waals surface area (Å²) in [5.74, 6) is -0.0818. The monoisotopic (exact) mass is 216 g/mol. The maximum atomic E-state index is 11.2. The van der Waals surface area contributed by atoms with Crippen molar-refractivity contribution in [1.82, 2.24) is 9.55 Å². The van der Waals surface area contributed by atoms with E-state index >= 15 is 0 Å². The van der Waals surface area contributed by atoms with Crippen molar-refractivity contribution in [2.75, 3.05) is 7.11 Å². The molecule has 0 radical (unpaired) electrons. The van der Waals surface area contributed by atoms with Gasteiger partial charge in [0.25, 0.3) is 0 Å². The normalized spacial score (nSPS) is 19.4. The number of methoxy groups -OCH3 is 1. The van der Waals surface area contributed by atoms with Crippen molar-refractivity contribution < 1.29 is 9.53 Å². The lowest BCUT2D eigenvalue weighted by molar-refractivity contribution is -0.146. The van der Waals surface area contributed by atoms with Crippen LogP contribution in [0.15, 0.2) is 12.5 Å². The van der Waals surface area contributed by atoms with Gasteiger partial charge >= 0.3 is 5.97 Å². The summed E-state index contributed by atoms with van der Waals surface area (Å²) < 4.78 is 6.80. The van der Waals surface area contributed by atoms with Crippen LogP contribution in [0, 0.1) is 5.92 Å². The van der Waals surface area contributed by atoms with Crippen LogP contribution in [0.25, 0.3) is 0 Å². The van der Waals surface area contributed by atoms with Gasteiger partial charge in [-0.15, -0.1) is 12.4 Å². The number of rotatable bonds is 1. The van der Waals surface area contributed by atoms with E-state index < -0.39 is 0 Å². The third-order valence-corrected chi connectivity index (χ3v) is 2.51. The van der Waals surface area contributed by atoms with Crippen molar-refractivity contribution in [2.45, 2.75) is 19.4 Å². The zero-order chi connectivity index (χ0) is 9.26. The Kier molecular flexibility index (Phi) is 3.52. The average Bonchev–Trinajstić information content (AvgIpc) is 2.63. The molecule has 1 aromatic heterocycles. The van der Waals surface area contributed by atoms with Gasteiger partial charge in [-0.05, 0) is 6.42 Å². The van der Waals surface area contributed by atoms with Gasteiger partial charge in [-0.2, -0.15) is 0 Å². The zero-order valence-electron chi connectivity index (χ0n) is 7.97. The van der Waals surface area contributed by atoms with Crippen molar-refractivity contribution in [3.63, 3.8) is 0 Å². The minimum absolute atomic E-state index is 0. The third kappa shape index (κ3) is 1.90. The predicted octanol–water partition coefficient (Wildman–Crippen LogP) is 1.04. The molecule has 0 aromatic carbocycles. The van der Waals surface area contributed by atoms with Crippen molar-refractivity contribution in [3.8, 4) is 0 Å². The number of carbonyl (C=O) groups excluding carboxylic acids is 1. The molecule has 1 aromatic rings. The van der Waals surface area contributed by atoms with Gasteiger partial charge in [-0.1, -0.05) is 0 Å².